The smallest absolute Gasteiger partial charge is 0.419 e. The fraction of sp³-hybridized carbons (Fsp3) is 0.286. The van der Waals surface area contributed by atoms with Crippen LogP contribution >= 0.6 is 11.8 Å². The summed E-state index contributed by atoms with van der Waals surface area (Å²) >= 11 is 1.46. The van der Waals surface area contributed by atoms with Crippen LogP contribution in [-0.2, 0) is 21.5 Å². The number of thioether (sulfide) groups is 1. The topological polar surface area (TPSA) is 66.2 Å². The molecular weight excluding hydrogens is 450 g/mol. The maximum absolute atomic E-state index is 13.8. The lowest BCUT2D eigenvalue weighted by Gasteiger charge is -2.10. The highest BCUT2D eigenvalue weighted by atomic mass is 32.2. The Morgan fingerprint density at radius 2 is 1.97 bits per heavy atom. The van der Waals surface area contributed by atoms with Crippen molar-refractivity contribution in [3.8, 4) is 11.4 Å². The molecule has 2 aromatic carbocycles. The van der Waals surface area contributed by atoms with Crippen LogP contribution in [-0.4, -0.2) is 34.2 Å². The summed E-state index contributed by atoms with van der Waals surface area (Å²) in [5, 5.41) is 7.85. The summed E-state index contributed by atoms with van der Waals surface area (Å²) in [6.07, 6.45) is -3.23. The molecule has 0 bridgehead atoms. The van der Waals surface area contributed by atoms with Gasteiger partial charge in [-0.15, -0.1) is 16.9 Å². The minimum Gasteiger partial charge on any atom is -0.482 e. The molecule has 0 fully saturated rings. The zero-order valence-electron chi connectivity index (χ0n) is 17.1. The standard InChI is InChI=1S/C21H19F4N3O3S/c1-3-30-20(29)11-31-19-7-5-16(8-13(19)2)32-12-14-10-28(27-26-14)15-4-6-17(18(22)9-15)21(23,24)25/h4-10H,3,11-12H2,1-2H3. The van der Waals surface area contributed by atoms with Crippen molar-refractivity contribution in [2.75, 3.05) is 13.2 Å². The third kappa shape index (κ3) is 6.00. The summed E-state index contributed by atoms with van der Waals surface area (Å²) in [4.78, 5) is 12.3. The summed E-state index contributed by atoms with van der Waals surface area (Å²) in [6.45, 7) is 3.68. The molecule has 3 aromatic rings. The SMILES string of the molecule is CCOC(=O)COc1ccc(SCc2cn(-c3ccc(C(F)(F)F)c(F)c3)nn2)cc1C. The molecule has 170 valence electrons. The third-order valence-corrected chi connectivity index (χ3v) is 5.27. The lowest BCUT2D eigenvalue weighted by molar-refractivity contribution is -0.145. The van der Waals surface area contributed by atoms with Gasteiger partial charge in [0.05, 0.1) is 29.7 Å². The molecule has 0 N–H and O–H groups in total. The second-order valence-electron chi connectivity index (χ2n) is 6.63. The Bertz CT molecular complexity index is 1100. The summed E-state index contributed by atoms with van der Waals surface area (Å²) in [6, 6.07) is 8.05. The minimum absolute atomic E-state index is 0.137. The van der Waals surface area contributed by atoms with E-state index in [0.717, 1.165) is 22.6 Å². The number of hydrogen-bond acceptors (Lipinski definition) is 6. The predicted molar refractivity (Wildman–Crippen MR) is 109 cm³/mol. The molecule has 0 aliphatic rings. The second kappa shape index (κ2) is 10.0. The number of carbonyl (C=O) groups is 1. The molecule has 0 spiro atoms. The normalized spacial score (nSPS) is 11.4. The van der Waals surface area contributed by atoms with Crippen molar-refractivity contribution >= 4 is 17.7 Å². The van der Waals surface area contributed by atoms with Crippen LogP contribution in [0.25, 0.3) is 5.69 Å². The monoisotopic (exact) mass is 469 g/mol. The first kappa shape index (κ1) is 23.6. The molecule has 6 nitrogen and oxygen atoms in total. The summed E-state index contributed by atoms with van der Waals surface area (Å²) in [5.41, 5.74) is 0.208. The lowest BCUT2D eigenvalue weighted by Crippen LogP contribution is -2.14. The van der Waals surface area contributed by atoms with Crippen molar-refractivity contribution in [3.63, 3.8) is 0 Å². The fourth-order valence-electron chi connectivity index (χ4n) is 2.74. The van der Waals surface area contributed by atoms with Gasteiger partial charge in [0.25, 0.3) is 0 Å². The Balaban J connectivity index is 1.61. The van der Waals surface area contributed by atoms with E-state index in [2.05, 4.69) is 10.3 Å². The molecule has 11 heteroatoms. The summed E-state index contributed by atoms with van der Waals surface area (Å²) in [7, 11) is 0. The van der Waals surface area contributed by atoms with Crippen molar-refractivity contribution in [3.05, 3.63) is 65.2 Å². The van der Waals surface area contributed by atoms with Crippen LogP contribution in [0, 0.1) is 12.7 Å². The van der Waals surface area contributed by atoms with E-state index < -0.39 is 23.5 Å². The van der Waals surface area contributed by atoms with Gasteiger partial charge in [0.2, 0.25) is 0 Å². The van der Waals surface area contributed by atoms with Gasteiger partial charge in [-0.1, -0.05) is 5.21 Å². The van der Waals surface area contributed by atoms with E-state index in [1.54, 1.807) is 13.0 Å². The third-order valence-electron chi connectivity index (χ3n) is 4.25. The molecular formula is C21H19F4N3O3S. The van der Waals surface area contributed by atoms with Crippen LogP contribution < -0.4 is 4.74 Å². The largest absolute Gasteiger partial charge is 0.482 e. The van der Waals surface area contributed by atoms with Gasteiger partial charge in [-0.3, -0.25) is 0 Å². The number of rotatable bonds is 8. The molecule has 0 amide bonds. The first-order valence-corrected chi connectivity index (χ1v) is 10.5. The van der Waals surface area contributed by atoms with Crippen LogP contribution in [0.3, 0.4) is 0 Å². The molecule has 0 aliphatic heterocycles. The fourth-order valence-corrected chi connectivity index (χ4v) is 3.61. The minimum atomic E-state index is -4.76. The maximum Gasteiger partial charge on any atom is 0.419 e. The van der Waals surface area contributed by atoms with Gasteiger partial charge < -0.3 is 9.47 Å². The van der Waals surface area contributed by atoms with E-state index in [1.807, 2.05) is 19.1 Å². The number of nitrogens with zero attached hydrogens (tertiary/aromatic N) is 3. The number of carbonyl (C=O) groups excluding carboxylic acids is 1. The highest BCUT2D eigenvalue weighted by Gasteiger charge is 2.34. The molecule has 1 heterocycles. The second-order valence-corrected chi connectivity index (χ2v) is 7.67. The number of alkyl halides is 3. The zero-order valence-corrected chi connectivity index (χ0v) is 18.0. The Morgan fingerprint density at radius 1 is 1.19 bits per heavy atom. The number of benzene rings is 2. The van der Waals surface area contributed by atoms with E-state index >= 15 is 0 Å². The molecule has 0 unspecified atom stereocenters. The number of halogens is 4. The molecule has 0 aliphatic carbocycles. The maximum atomic E-state index is 13.8. The number of aryl methyl sites for hydroxylation is 1. The molecule has 1 aromatic heterocycles. The molecule has 32 heavy (non-hydrogen) atoms. The highest BCUT2D eigenvalue weighted by Crippen LogP contribution is 2.32. The first-order valence-electron chi connectivity index (χ1n) is 9.47. The average molecular weight is 469 g/mol. The van der Waals surface area contributed by atoms with Gasteiger partial charge in [-0.2, -0.15) is 13.2 Å². The molecule has 0 saturated carbocycles. The molecule has 3 rings (SSSR count). The van der Waals surface area contributed by atoms with Gasteiger partial charge in [0.1, 0.15) is 11.6 Å². The van der Waals surface area contributed by atoms with E-state index in [9.17, 15) is 22.4 Å². The van der Waals surface area contributed by atoms with Crippen LogP contribution in [0.15, 0.2) is 47.5 Å². The van der Waals surface area contributed by atoms with E-state index in [0.29, 0.717) is 23.3 Å². The van der Waals surface area contributed by atoms with E-state index in [4.69, 9.17) is 9.47 Å². The average Bonchev–Trinajstić information content (AvgIpc) is 3.20. The van der Waals surface area contributed by atoms with E-state index in [1.165, 1.54) is 22.6 Å². The Hall–Kier alpha value is -3.08. The number of ether oxygens (including phenoxy) is 2. The van der Waals surface area contributed by atoms with Crippen LogP contribution in [0.5, 0.6) is 5.75 Å². The number of aromatic nitrogens is 3. The van der Waals surface area contributed by atoms with Gasteiger partial charge in [-0.25, -0.2) is 13.9 Å². The van der Waals surface area contributed by atoms with Gasteiger partial charge >= 0.3 is 12.1 Å². The van der Waals surface area contributed by atoms with Gasteiger partial charge in [0, 0.05) is 16.7 Å². The van der Waals surface area contributed by atoms with Gasteiger partial charge in [0.15, 0.2) is 6.61 Å². The quantitative estimate of drug-likeness (QED) is 0.264. The Labute approximate surface area is 185 Å². The zero-order chi connectivity index (χ0) is 23.3. The van der Waals surface area contributed by atoms with Gasteiger partial charge in [-0.05, 0) is 49.7 Å². The Morgan fingerprint density at radius 3 is 2.62 bits per heavy atom. The van der Waals surface area contributed by atoms with Crippen molar-refractivity contribution in [1.82, 2.24) is 15.0 Å². The van der Waals surface area contributed by atoms with Crippen LogP contribution in [0.2, 0.25) is 0 Å². The van der Waals surface area contributed by atoms with Crippen molar-refractivity contribution in [1.29, 1.82) is 0 Å². The summed E-state index contributed by atoms with van der Waals surface area (Å²) < 4.78 is 63.4. The number of esters is 1. The molecule has 0 saturated heterocycles. The molecule has 0 atom stereocenters. The van der Waals surface area contributed by atoms with Crippen molar-refractivity contribution in [2.24, 2.45) is 0 Å². The lowest BCUT2D eigenvalue weighted by atomic mass is 10.2. The van der Waals surface area contributed by atoms with Crippen LogP contribution in [0.4, 0.5) is 17.6 Å². The molecule has 0 radical (unpaired) electrons. The van der Waals surface area contributed by atoms with Crippen molar-refractivity contribution in [2.45, 2.75) is 30.7 Å². The first-order chi connectivity index (χ1) is 15.2. The van der Waals surface area contributed by atoms with Crippen LogP contribution in [0.1, 0.15) is 23.7 Å². The Kier molecular flexibility index (Phi) is 7.39. The number of hydrogen-bond donors (Lipinski definition) is 0. The van der Waals surface area contributed by atoms with E-state index in [-0.39, 0.29) is 18.9 Å². The summed E-state index contributed by atoms with van der Waals surface area (Å²) in [5.74, 6) is -0.813. The highest BCUT2D eigenvalue weighted by molar-refractivity contribution is 7.98. The predicted octanol–water partition coefficient (Wildman–Crippen LogP) is 4.97. The van der Waals surface area contributed by atoms with Crippen molar-refractivity contribution < 1.29 is 31.8 Å².